The molecule has 3 rings (SSSR count). The van der Waals surface area contributed by atoms with Crippen LogP contribution in [-0.2, 0) is 21.4 Å². The molecule has 1 saturated heterocycles. The Morgan fingerprint density at radius 2 is 1.67 bits per heavy atom. The molecule has 0 bridgehead atoms. The van der Waals surface area contributed by atoms with Gasteiger partial charge in [0.15, 0.2) is 0 Å². The second-order valence-electron chi connectivity index (χ2n) is 6.20. The summed E-state index contributed by atoms with van der Waals surface area (Å²) in [6.45, 7) is 5.05. The lowest BCUT2D eigenvalue weighted by Crippen LogP contribution is -2.54. The summed E-state index contributed by atoms with van der Waals surface area (Å²) in [5, 5.41) is 0.688. The number of rotatable bonds is 5. The molecule has 1 aliphatic heterocycles. The first-order chi connectivity index (χ1) is 11.3. The summed E-state index contributed by atoms with van der Waals surface area (Å²) in [6, 6.07) is 12.8. The fraction of sp³-hybridized carbons (Fsp3) is 0.333. The molecule has 0 aromatic heterocycles. The van der Waals surface area contributed by atoms with E-state index in [1.165, 1.54) is 4.31 Å². The van der Waals surface area contributed by atoms with Gasteiger partial charge in [-0.25, -0.2) is 8.42 Å². The van der Waals surface area contributed by atoms with E-state index in [9.17, 15) is 8.42 Å². The second-order valence-corrected chi connectivity index (χ2v) is 8.58. The Morgan fingerprint density at radius 1 is 1.08 bits per heavy atom. The van der Waals surface area contributed by atoms with Crippen LogP contribution in [0.25, 0.3) is 0 Å². The number of hydrogen-bond acceptors (Lipinski definition) is 3. The van der Waals surface area contributed by atoms with Gasteiger partial charge in [0.25, 0.3) is 0 Å². The van der Waals surface area contributed by atoms with Gasteiger partial charge in [0.1, 0.15) is 0 Å². The first-order valence-corrected chi connectivity index (χ1v) is 9.61. The highest BCUT2D eigenvalue weighted by molar-refractivity contribution is 7.89. The van der Waals surface area contributed by atoms with E-state index in [-0.39, 0.29) is 6.10 Å². The van der Waals surface area contributed by atoms with E-state index in [1.807, 2.05) is 44.2 Å². The van der Waals surface area contributed by atoms with Crippen molar-refractivity contribution in [1.82, 2.24) is 4.31 Å². The van der Waals surface area contributed by atoms with Gasteiger partial charge in [-0.15, -0.1) is 0 Å². The molecule has 6 heteroatoms. The third kappa shape index (κ3) is 3.81. The molecule has 2 aromatic carbocycles. The normalized spacial score (nSPS) is 16.1. The molecule has 1 fully saturated rings. The van der Waals surface area contributed by atoms with Crippen molar-refractivity contribution in [3.63, 3.8) is 0 Å². The molecular weight excluding hydrogens is 346 g/mol. The van der Waals surface area contributed by atoms with Gasteiger partial charge in [-0.05, 0) is 54.8 Å². The average Bonchev–Trinajstić information content (AvgIpc) is 2.46. The van der Waals surface area contributed by atoms with E-state index >= 15 is 0 Å². The molecular formula is C18H20ClNO3S. The van der Waals surface area contributed by atoms with Crippen LogP contribution < -0.4 is 0 Å². The van der Waals surface area contributed by atoms with Gasteiger partial charge in [-0.3, -0.25) is 0 Å². The number of hydrogen-bond donors (Lipinski definition) is 0. The molecule has 0 spiro atoms. The van der Waals surface area contributed by atoms with Gasteiger partial charge in [-0.2, -0.15) is 4.31 Å². The van der Waals surface area contributed by atoms with Crippen LogP contribution in [0.5, 0.6) is 0 Å². The number of halogens is 1. The van der Waals surface area contributed by atoms with Gasteiger partial charge in [0.05, 0.1) is 17.6 Å². The van der Waals surface area contributed by atoms with Crippen LogP contribution in [0.4, 0.5) is 0 Å². The quantitative estimate of drug-likeness (QED) is 0.814. The van der Waals surface area contributed by atoms with Crippen LogP contribution in [0.1, 0.15) is 16.7 Å². The van der Waals surface area contributed by atoms with E-state index in [1.54, 1.807) is 12.1 Å². The number of sulfonamides is 1. The minimum atomic E-state index is -3.43. The Bertz CT molecular complexity index is 808. The van der Waals surface area contributed by atoms with Crippen LogP contribution in [0, 0.1) is 13.8 Å². The Morgan fingerprint density at radius 3 is 2.25 bits per heavy atom. The van der Waals surface area contributed by atoms with Gasteiger partial charge in [0, 0.05) is 18.1 Å². The molecule has 0 N–H and O–H groups in total. The van der Waals surface area contributed by atoms with Crippen LogP contribution >= 0.6 is 11.6 Å². The highest BCUT2D eigenvalue weighted by Crippen LogP contribution is 2.25. The Kier molecular flexibility index (Phi) is 4.97. The van der Waals surface area contributed by atoms with Crippen molar-refractivity contribution in [1.29, 1.82) is 0 Å². The molecule has 1 heterocycles. The van der Waals surface area contributed by atoms with Crippen LogP contribution in [0.3, 0.4) is 0 Å². The maximum Gasteiger partial charge on any atom is 0.243 e. The van der Waals surface area contributed by atoms with Crippen molar-refractivity contribution in [3.05, 3.63) is 64.2 Å². The minimum absolute atomic E-state index is 0.0682. The van der Waals surface area contributed by atoms with Crippen LogP contribution in [0.2, 0.25) is 5.02 Å². The van der Waals surface area contributed by atoms with Gasteiger partial charge < -0.3 is 4.74 Å². The van der Waals surface area contributed by atoms with E-state index in [4.69, 9.17) is 16.3 Å². The van der Waals surface area contributed by atoms with Crippen LogP contribution in [-0.4, -0.2) is 31.9 Å². The van der Waals surface area contributed by atoms with Gasteiger partial charge in [-0.1, -0.05) is 29.8 Å². The summed E-state index contributed by atoms with van der Waals surface area (Å²) in [4.78, 5) is 0.358. The molecule has 4 nitrogen and oxygen atoms in total. The predicted octanol–water partition coefficient (Wildman–Crippen LogP) is 3.55. The van der Waals surface area contributed by atoms with Crippen molar-refractivity contribution >= 4 is 21.6 Å². The molecule has 0 atom stereocenters. The lowest BCUT2D eigenvalue weighted by atomic mass is 10.2. The Hall–Kier alpha value is -1.40. The van der Waals surface area contributed by atoms with E-state index in [0.717, 1.165) is 16.7 Å². The molecule has 128 valence electrons. The van der Waals surface area contributed by atoms with Crippen molar-refractivity contribution in [2.24, 2.45) is 0 Å². The second kappa shape index (κ2) is 6.84. The number of nitrogens with zero attached hydrogens (tertiary/aromatic N) is 1. The number of ether oxygens (including phenoxy) is 1. The van der Waals surface area contributed by atoms with E-state index in [0.29, 0.717) is 29.6 Å². The monoisotopic (exact) mass is 365 g/mol. The fourth-order valence-corrected chi connectivity index (χ4v) is 4.55. The SMILES string of the molecule is Cc1cc(C)cc(S(=O)(=O)N2CC(OCc3ccc(Cl)cc3)C2)c1. The van der Waals surface area contributed by atoms with E-state index < -0.39 is 10.0 Å². The highest BCUT2D eigenvalue weighted by Gasteiger charge is 2.37. The summed E-state index contributed by atoms with van der Waals surface area (Å²) >= 11 is 5.85. The van der Waals surface area contributed by atoms with E-state index in [2.05, 4.69) is 0 Å². The van der Waals surface area contributed by atoms with Gasteiger partial charge >= 0.3 is 0 Å². The molecule has 0 unspecified atom stereocenters. The highest BCUT2D eigenvalue weighted by atomic mass is 35.5. The summed E-state index contributed by atoms with van der Waals surface area (Å²) in [5.74, 6) is 0. The number of aryl methyl sites for hydroxylation is 2. The molecule has 0 aliphatic carbocycles. The molecule has 1 aliphatic rings. The maximum atomic E-state index is 12.6. The Balaban J connectivity index is 1.58. The molecule has 24 heavy (non-hydrogen) atoms. The topological polar surface area (TPSA) is 46.6 Å². The summed E-state index contributed by atoms with van der Waals surface area (Å²) < 4.78 is 32.5. The molecule has 0 saturated carbocycles. The molecule has 0 radical (unpaired) electrons. The summed E-state index contributed by atoms with van der Waals surface area (Å²) in [7, 11) is -3.43. The molecule has 0 amide bonds. The largest absolute Gasteiger partial charge is 0.371 e. The predicted molar refractivity (Wildman–Crippen MR) is 94.7 cm³/mol. The van der Waals surface area contributed by atoms with Crippen molar-refractivity contribution in [3.8, 4) is 0 Å². The van der Waals surface area contributed by atoms with Crippen molar-refractivity contribution in [2.45, 2.75) is 31.5 Å². The van der Waals surface area contributed by atoms with Crippen LogP contribution in [0.15, 0.2) is 47.4 Å². The fourth-order valence-electron chi connectivity index (χ4n) is 2.73. The lowest BCUT2D eigenvalue weighted by molar-refractivity contribution is -0.0295. The Labute approximate surface area is 148 Å². The minimum Gasteiger partial charge on any atom is -0.371 e. The first-order valence-electron chi connectivity index (χ1n) is 7.79. The standard InChI is InChI=1S/C18H20ClNO3S/c1-13-7-14(2)9-18(8-13)24(21,22)20-10-17(11-20)23-12-15-3-5-16(19)6-4-15/h3-9,17H,10-12H2,1-2H3. The lowest BCUT2D eigenvalue weighted by Gasteiger charge is -2.37. The summed E-state index contributed by atoms with van der Waals surface area (Å²) in [5.41, 5.74) is 2.92. The average molecular weight is 366 g/mol. The zero-order valence-electron chi connectivity index (χ0n) is 13.7. The zero-order valence-corrected chi connectivity index (χ0v) is 15.3. The van der Waals surface area contributed by atoms with Crippen molar-refractivity contribution < 1.29 is 13.2 Å². The third-order valence-electron chi connectivity index (χ3n) is 4.05. The summed E-state index contributed by atoms with van der Waals surface area (Å²) in [6.07, 6.45) is -0.0682. The zero-order chi connectivity index (χ0) is 17.3. The smallest absolute Gasteiger partial charge is 0.243 e. The first kappa shape index (κ1) is 17.4. The third-order valence-corrected chi connectivity index (χ3v) is 6.11. The van der Waals surface area contributed by atoms with Gasteiger partial charge in [0.2, 0.25) is 10.0 Å². The number of benzene rings is 2. The molecule has 2 aromatic rings. The van der Waals surface area contributed by atoms with Crippen molar-refractivity contribution in [2.75, 3.05) is 13.1 Å². The maximum absolute atomic E-state index is 12.6.